The maximum atomic E-state index is 12.1. The molecule has 0 saturated carbocycles. The highest BCUT2D eigenvalue weighted by Crippen LogP contribution is 2.06. The average Bonchev–Trinajstić information content (AvgIpc) is 2.49. The SMILES string of the molecule is CNCc1ccc(S(=O)(=O)NCCN2CCOCC2)nc1. The standard InChI is InChI=1S/C13H22N4O3S/c1-14-10-12-2-3-13(15-11-12)21(18,19)16-4-5-17-6-8-20-9-7-17/h2-3,11,14,16H,4-10H2,1H3. The molecule has 1 fully saturated rings. The third-order valence-electron chi connectivity index (χ3n) is 3.28. The molecule has 8 heteroatoms. The lowest BCUT2D eigenvalue weighted by molar-refractivity contribution is 0.0390. The average molecular weight is 314 g/mol. The van der Waals surface area contributed by atoms with Crippen LogP contribution >= 0.6 is 0 Å². The number of ether oxygens (including phenoxy) is 1. The van der Waals surface area contributed by atoms with Crippen molar-refractivity contribution >= 4 is 10.0 Å². The molecule has 0 radical (unpaired) electrons. The Morgan fingerprint density at radius 1 is 1.33 bits per heavy atom. The van der Waals surface area contributed by atoms with E-state index in [0.717, 1.165) is 18.7 Å². The second kappa shape index (κ2) is 7.81. The normalized spacial score (nSPS) is 17.0. The van der Waals surface area contributed by atoms with Crippen LogP contribution in [0, 0.1) is 0 Å². The summed E-state index contributed by atoms with van der Waals surface area (Å²) < 4.78 is 32.1. The molecule has 2 rings (SSSR count). The molecular weight excluding hydrogens is 292 g/mol. The minimum atomic E-state index is -3.53. The summed E-state index contributed by atoms with van der Waals surface area (Å²) in [6.45, 7) is 4.83. The molecule has 0 aliphatic carbocycles. The molecule has 1 saturated heterocycles. The zero-order valence-electron chi connectivity index (χ0n) is 12.2. The van der Waals surface area contributed by atoms with E-state index >= 15 is 0 Å². The third-order valence-corrected chi connectivity index (χ3v) is 4.65. The fourth-order valence-corrected chi connectivity index (χ4v) is 3.06. The number of morpholine rings is 1. The molecule has 1 aromatic rings. The van der Waals surface area contributed by atoms with Crippen LogP contribution in [0.25, 0.3) is 0 Å². The van der Waals surface area contributed by atoms with Gasteiger partial charge in [0.05, 0.1) is 13.2 Å². The number of sulfonamides is 1. The predicted molar refractivity (Wildman–Crippen MR) is 79.4 cm³/mol. The minimum absolute atomic E-state index is 0.0596. The largest absolute Gasteiger partial charge is 0.379 e. The van der Waals surface area contributed by atoms with Crippen molar-refractivity contribution in [3.8, 4) is 0 Å². The summed E-state index contributed by atoms with van der Waals surface area (Å²) in [6.07, 6.45) is 1.58. The molecule has 0 bridgehead atoms. The first kappa shape index (κ1) is 16.3. The first-order valence-corrected chi connectivity index (χ1v) is 8.49. The number of aromatic nitrogens is 1. The molecule has 0 amide bonds. The molecule has 0 spiro atoms. The Morgan fingerprint density at radius 2 is 2.10 bits per heavy atom. The van der Waals surface area contributed by atoms with E-state index in [0.29, 0.717) is 32.8 Å². The summed E-state index contributed by atoms with van der Waals surface area (Å²) in [6, 6.07) is 3.30. The van der Waals surface area contributed by atoms with Crippen molar-refractivity contribution in [2.45, 2.75) is 11.6 Å². The van der Waals surface area contributed by atoms with E-state index in [9.17, 15) is 8.42 Å². The van der Waals surface area contributed by atoms with Crippen molar-refractivity contribution < 1.29 is 13.2 Å². The highest BCUT2D eigenvalue weighted by atomic mass is 32.2. The second-order valence-electron chi connectivity index (χ2n) is 4.89. The topological polar surface area (TPSA) is 83.6 Å². The van der Waals surface area contributed by atoms with Gasteiger partial charge in [-0.3, -0.25) is 4.90 Å². The van der Waals surface area contributed by atoms with Crippen molar-refractivity contribution in [3.05, 3.63) is 23.9 Å². The molecule has 1 aromatic heterocycles. The number of hydrogen-bond acceptors (Lipinski definition) is 6. The van der Waals surface area contributed by atoms with E-state index < -0.39 is 10.0 Å². The number of nitrogens with one attached hydrogen (secondary N) is 2. The van der Waals surface area contributed by atoms with Crippen molar-refractivity contribution in [1.82, 2.24) is 19.9 Å². The van der Waals surface area contributed by atoms with Gasteiger partial charge in [0.2, 0.25) is 0 Å². The van der Waals surface area contributed by atoms with E-state index in [1.165, 1.54) is 6.07 Å². The Balaban J connectivity index is 1.85. The van der Waals surface area contributed by atoms with Gasteiger partial charge in [-0.05, 0) is 18.7 Å². The van der Waals surface area contributed by atoms with Gasteiger partial charge in [-0.25, -0.2) is 18.1 Å². The summed E-state index contributed by atoms with van der Waals surface area (Å²) in [4.78, 5) is 6.19. The van der Waals surface area contributed by atoms with Crippen LogP contribution < -0.4 is 10.0 Å². The van der Waals surface area contributed by atoms with Crippen LogP contribution in [0.2, 0.25) is 0 Å². The van der Waals surface area contributed by atoms with Gasteiger partial charge in [0.25, 0.3) is 10.0 Å². The number of nitrogens with zero attached hydrogens (tertiary/aromatic N) is 2. The molecule has 7 nitrogen and oxygen atoms in total. The summed E-state index contributed by atoms with van der Waals surface area (Å²) in [5.41, 5.74) is 0.949. The zero-order chi connectivity index (χ0) is 15.1. The Morgan fingerprint density at radius 3 is 2.71 bits per heavy atom. The smallest absolute Gasteiger partial charge is 0.258 e. The Hall–Kier alpha value is -1.06. The van der Waals surface area contributed by atoms with Gasteiger partial charge in [-0.15, -0.1) is 0 Å². The van der Waals surface area contributed by atoms with Crippen LogP contribution in [0.5, 0.6) is 0 Å². The first-order chi connectivity index (χ1) is 10.1. The van der Waals surface area contributed by atoms with Crippen LogP contribution in [0.15, 0.2) is 23.4 Å². The first-order valence-electron chi connectivity index (χ1n) is 7.01. The number of hydrogen-bond donors (Lipinski definition) is 2. The molecule has 0 aromatic carbocycles. The van der Waals surface area contributed by atoms with E-state index in [1.807, 2.05) is 7.05 Å². The van der Waals surface area contributed by atoms with E-state index in [-0.39, 0.29) is 5.03 Å². The molecule has 0 unspecified atom stereocenters. The van der Waals surface area contributed by atoms with Crippen molar-refractivity contribution in [2.75, 3.05) is 46.4 Å². The van der Waals surface area contributed by atoms with Crippen LogP contribution in [0.4, 0.5) is 0 Å². The molecular formula is C13H22N4O3S. The summed E-state index contributed by atoms with van der Waals surface area (Å²) in [5, 5.41) is 3.05. The van der Waals surface area contributed by atoms with Crippen molar-refractivity contribution in [3.63, 3.8) is 0 Å². The Bertz CT molecular complexity index is 527. The van der Waals surface area contributed by atoms with E-state index in [2.05, 4.69) is 19.9 Å². The molecule has 21 heavy (non-hydrogen) atoms. The minimum Gasteiger partial charge on any atom is -0.379 e. The third kappa shape index (κ3) is 5.01. The lowest BCUT2D eigenvalue weighted by Crippen LogP contribution is -2.41. The molecule has 1 aliphatic rings. The Kier molecular flexibility index (Phi) is 6.07. The highest BCUT2D eigenvalue weighted by molar-refractivity contribution is 7.89. The van der Waals surface area contributed by atoms with Gasteiger partial charge < -0.3 is 10.1 Å². The highest BCUT2D eigenvalue weighted by Gasteiger charge is 2.16. The van der Waals surface area contributed by atoms with Gasteiger partial charge in [-0.2, -0.15) is 0 Å². The second-order valence-corrected chi connectivity index (χ2v) is 6.60. The van der Waals surface area contributed by atoms with Gasteiger partial charge in [0.15, 0.2) is 5.03 Å². The summed E-state index contributed by atoms with van der Waals surface area (Å²) >= 11 is 0. The maximum Gasteiger partial charge on any atom is 0.258 e. The fourth-order valence-electron chi connectivity index (χ4n) is 2.12. The fraction of sp³-hybridized carbons (Fsp3) is 0.615. The summed E-state index contributed by atoms with van der Waals surface area (Å²) in [7, 11) is -1.70. The number of pyridine rings is 1. The molecule has 2 N–H and O–H groups in total. The van der Waals surface area contributed by atoms with Crippen LogP contribution in [0.1, 0.15) is 5.56 Å². The monoisotopic (exact) mass is 314 g/mol. The van der Waals surface area contributed by atoms with Crippen LogP contribution in [-0.2, 0) is 21.3 Å². The van der Waals surface area contributed by atoms with Crippen LogP contribution in [0.3, 0.4) is 0 Å². The quantitative estimate of drug-likeness (QED) is 0.700. The number of rotatable bonds is 7. The molecule has 118 valence electrons. The molecule has 1 aliphatic heterocycles. The lowest BCUT2D eigenvalue weighted by atomic mass is 10.3. The van der Waals surface area contributed by atoms with E-state index in [1.54, 1.807) is 12.3 Å². The molecule has 2 heterocycles. The molecule has 0 atom stereocenters. The van der Waals surface area contributed by atoms with Gasteiger partial charge in [0.1, 0.15) is 0 Å². The van der Waals surface area contributed by atoms with Crippen molar-refractivity contribution in [1.29, 1.82) is 0 Å². The van der Waals surface area contributed by atoms with Crippen LogP contribution in [-0.4, -0.2) is 64.7 Å². The summed E-state index contributed by atoms with van der Waals surface area (Å²) in [5.74, 6) is 0. The van der Waals surface area contributed by atoms with Gasteiger partial charge in [-0.1, -0.05) is 6.07 Å². The predicted octanol–water partition coefficient (Wildman–Crippen LogP) is -0.588. The lowest BCUT2D eigenvalue weighted by Gasteiger charge is -2.26. The zero-order valence-corrected chi connectivity index (χ0v) is 13.0. The Labute approximate surface area is 125 Å². The maximum absolute atomic E-state index is 12.1. The van der Waals surface area contributed by atoms with Crippen molar-refractivity contribution in [2.24, 2.45) is 0 Å². The van der Waals surface area contributed by atoms with Gasteiger partial charge >= 0.3 is 0 Å². The van der Waals surface area contributed by atoms with Gasteiger partial charge in [0, 0.05) is 38.9 Å². The van der Waals surface area contributed by atoms with E-state index in [4.69, 9.17) is 4.74 Å².